The summed E-state index contributed by atoms with van der Waals surface area (Å²) in [5.74, 6) is 0.273. The molecule has 3 rings (SSSR count). The summed E-state index contributed by atoms with van der Waals surface area (Å²) in [6, 6.07) is 6.94. The topological polar surface area (TPSA) is 96.0 Å². The molecule has 23 heavy (non-hydrogen) atoms. The number of ether oxygens (including phenoxy) is 1. The Kier molecular flexibility index (Phi) is 4.20. The van der Waals surface area contributed by atoms with E-state index in [1.165, 1.54) is 0 Å². The Balaban J connectivity index is 1.97. The Morgan fingerprint density at radius 3 is 2.74 bits per heavy atom. The van der Waals surface area contributed by atoms with Gasteiger partial charge in [-0.1, -0.05) is 5.16 Å². The second-order valence-corrected chi connectivity index (χ2v) is 5.53. The van der Waals surface area contributed by atoms with Crippen molar-refractivity contribution in [3.05, 3.63) is 29.8 Å². The number of aliphatic hydroxyl groups excluding tert-OH is 1. The summed E-state index contributed by atoms with van der Waals surface area (Å²) in [6.07, 6.45) is 0.806. The molecule has 1 aromatic heterocycles. The molecule has 1 aliphatic heterocycles. The van der Waals surface area contributed by atoms with Crippen molar-refractivity contribution in [2.24, 2.45) is 5.92 Å². The molecule has 2 heterocycles. The van der Waals surface area contributed by atoms with Crippen LogP contribution in [0.1, 0.15) is 16.8 Å². The van der Waals surface area contributed by atoms with Gasteiger partial charge in [0.25, 0.3) is 0 Å². The first-order chi connectivity index (χ1) is 11.1. The highest BCUT2D eigenvalue weighted by Gasteiger charge is 2.31. The lowest BCUT2D eigenvalue weighted by molar-refractivity contribution is 0.0698. The molecule has 7 heteroatoms. The van der Waals surface area contributed by atoms with Crippen LogP contribution < -0.4 is 9.64 Å². The van der Waals surface area contributed by atoms with Crippen molar-refractivity contribution in [3.63, 3.8) is 0 Å². The minimum Gasteiger partial charge on any atom is -0.497 e. The molecule has 0 radical (unpaired) electrons. The minimum absolute atomic E-state index is 0.0498. The van der Waals surface area contributed by atoms with E-state index in [1.807, 2.05) is 4.90 Å². The van der Waals surface area contributed by atoms with Gasteiger partial charge in [0.1, 0.15) is 5.75 Å². The van der Waals surface area contributed by atoms with Crippen LogP contribution in [0.15, 0.2) is 28.8 Å². The zero-order chi connectivity index (χ0) is 16.4. The quantitative estimate of drug-likeness (QED) is 0.868. The second-order valence-electron chi connectivity index (χ2n) is 5.53. The van der Waals surface area contributed by atoms with Crippen LogP contribution in [0.4, 0.5) is 5.82 Å². The van der Waals surface area contributed by atoms with Crippen LogP contribution in [0, 0.1) is 5.92 Å². The monoisotopic (exact) mass is 318 g/mol. The van der Waals surface area contributed by atoms with Gasteiger partial charge < -0.3 is 24.4 Å². The summed E-state index contributed by atoms with van der Waals surface area (Å²) in [6.45, 7) is 1.31. The second kappa shape index (κ2) is 6.29. The molecular weight excluding hydrogens is 300 g/mol. The molecule has 0 aliphatic carbocycles. The number of nitrogens with zero attached hydrogens (tertiary/aromatic N) is 2. The number of hydrogen-bond donors (Lipinski definition) is 2. The fourth-order valence-electron chi connectivity index (χ4n) is 2.80. The van der Waals surface area contributed by atoms with Crippen LogP contribution in [0.5, 0.6) is 5.75 Å². The molecule has 0 amide bonds. The van der Waals surface area contributed by atoms with Gasteiger partial charge in [-0.3, -0.25) is 0 Å². The van der Waals surface area contributed by atoms with Crippen LogP contribution in [0.25, 0.3) is 11.3 Å². The molecule has 1 aromatic carbocycles. The largest absolute Gasteiger partial charge is 0.497 e. The first-order valence-electron chi connectivity index (χ1n) is 7.37. The van der Waals surface area contributed by atoms with E-state index < -0.39 is 5.97 Å². The average molecular weight is 318 g/mol. The fraction of sp³-hybridized carbons (Fsp3) is 0.375. The number of carboxylic acid groups (broad SMARTS) is 1. The summed E-state index contributed by atoms with van der Waals surface area (Å²) in [4.78, 5) is 13.6. The zero-order valence-corrected chi connectivity index (χ0v) is 12.7. The summed E-state index contributed by atoms with van der Waals surface area (Å²) in [5, 5.41) is 22.8. The number of carboxylic acids is 1. The fourth-order valence-corrected chi connectivity index (χ4v) is 2.80. The Bertz CT molecular complexity index is 695. The molecule has 1 atom stereocenters. The van der Waals surface area contributed by atoms with E-state index in [0.717, 1.165) is 6.42 Å². The molecule has 2 aromatic rings. The third-order valence-corrected chi connectivity index (χ3v) is 4.08. The SMILES string of the molecule is COc1ccc(-c2onc(N3CCC(CO)C3)c2C(=O)O)cc1. The van der Waals surface area contributed by atoms with Crippen molar-refractivity contribution in [3.8, 4) is 17.1 Å². The molecule has 7 nitrogen and oxygen atoms in total. The maximum absolute atomic E-state index is 11.7. The molecule has 2 N–H and O–H groups in total. The number of carbonyl (C=O) groups is 1. The van der Waals surface area contributed by atoms with Gasteiger partial charge in [0.15, 0.2) is 17.1 Å². The van der Waals surface area contributed by atoms with Crippen LogP contribution in [-0.2, 0) is 0 Å². The van der Waals surface area contributed by atoms with Crippen molar-refractivity contribution in [2.75, 3.05) is 31.7 Å². The number of methoxy groups -OCH3 is 1. The zero-order valence-electron chi connectivity index (χ0n) is 12.7. The van der Waals surface area contributed by atoms with E-state index in [4.69, 9.17) is 9.26 Å². The van der Waals surface area contributed by atoms with Gasteiger partial charge in [0.05, 0.1) is 7.11 Å². The van der Waals surface area contributed by atoms with Gasteiger partial charge in [-0.15, -0.1) is 0 Å². The normalized spacial score (nSPS) is 17.5. The van der Waals surface area contributed by atoms with Crippen molar-refractivity contribution >= 4 is 11.8 Å². The number of aromatic carboxylic acids is 1. The maximum Gasteiger partial charge on any atom is 0.343 e. The Hall–Kier alpha value is -2.54. The number of aliphatic hydroxyl groups is 1. The number of rotatable bonds is 5. The molecule has 0 saturated carbocycles. The van der Waals surface area contributed by atoms with Gasteiger partial charge in [-0.05, 0) is 30.7 Å². The van der Waals surface area contributed by atoms with E-state index in [1.54, 1.807) is 31.4 Å². The van der Waals surface area contributed by atoms with Crippen LogP contribution in [-0.4, -0.2) is 48.1 Å². The van der Waals surface area contributed by atoms with Crippen LogP contribution in [0.3, 0.4) is 0 Å². The van der Waals surface area contributed by atoms with Gasteiger partial charge >= 0.3 is 5.97 Å². The highest BCUT2D eigenvalue weighted by molar-refractivity contribution is 5.99. The van der Waals surface area contributed by atoms with Crippen molar-refractivity contribution in [2.45, 2.75) is 6.42 Å². The Morgan fingerprint density at radius 2 is 2.17 bits per heavy atom. The first-order valence-corrected chi connectivity index (χ1v) is 7.37. The van der Waals surface area contributed by atoms with E-state index in [-0.39, 0.29) is 23.8 Å². The van der Waals surface area contributed by atoms with E-state index in [9.17, 15) is 15.0 Å². The molecule has 1 aliphatic rings. The molecule has 1 unspecified atom stereocenters. The molecule has 122 valence electrons. The van der Waals surface area contributed by atoms with E-state index in [0.29, 0.717) is 30.2 Å². The lowest BCUT2D eigenvalue weighted by atomic mass is 10.1. The third kappa shape index (κ3) is 2.87. The molecule has 1 fully saturated rings. The summed E-state index contributed by atoms with van der Waals surface area (Å²) < 4.78 is 10.4. The first kappa shape index (κ1) is 15.4. The number of hydrogen-bond acceptors (Lipinski definition) is 6. The number of anilines is 1. The summed E-state index contributed by atoms with van der Waals surface area (Å²) in [7, 11) is 1.56. The molecular formula is C16H18N2O5. The highest BCUT2D eigenvalue weighted by Crippen LogP contribution is 2.34. The van der Waals surface area contributed by atoms with Crippen LogP contribution in [0.2, 0.25) is 0 Å². The third-order valence-electron chi connectivity index (χ3n) is 4.08. The van der Waals surface area contributed by atoms with Gasteiger partial charge in [0, 0.05) is 31.2 Å². The lowest BCUT2D eigenvalue weighted by Gasteiger charge is -2.15. The number of aromatic nitrogens is 1. The van der Waals surface area contributed by atoms with Crippen molar-refractivity contribution in [1.29, 1.82) is 0 Å². The molecule has 1 saturated heterocycles. The lowest BCUT2D eigenvalue weighted by Crippen LogP contribution is -2.23. The molecule has 0 spiro atoms. The predicted molar refractivity (Wildman–Crippen MR) is 82.9 cm³/mol. The van der Waals surface area contributed by atoms with Gasteiger partial charge in [0.2, 0.25) is 0 Å². The smallest absolute Gasteiger partial charge is 0.343 e. The van der Waals surface area contributed by atoms with Crippen molar-refractivity contribution < 1.29 is 24.3 Å². The van der Waals surface area contributed by atoms with Gasteiger partial charge in [-0.25, -0.2) is 4.79 Å². The summed E-state index contributed by atoms with van der Waals surface area (Å²) in [5.41, 5.74) is 0.675. The van der Waals surface area contributed by atoms with E-state index in [2.05, 4.69) is 5.16 Å². The highest BCUT2D eigenvalue weighted by atomic mass is 16.5. The van der Waals surface area contributed by atoms with E-state index >= 15 is 0 Å². The standard InChI is InChI=1S/C16H18N2O5/c1-22-12-4-2-11(3-5-12)14-13(16(20)21)15(17-23-14)18-7-6-10(8-18)9-19/h2-5,10,19H,6-9H2,1H3,(H,20,21). The molecule has 0 bridgehead atoms. The number of benzene rings is 1. The maximum atomic E-state index is 11.7. The predicted octanol–water partition coefficient (Wildman–Crippen LogP) is 1.87. The van der Waals surface area contributed by atoms with Crippen molar-refractivity contribution in [1.82, 2.24) is 5.16 Å². The van der Waals surface area contributed by atoms with Crippen LogP contribution >= 0.6 is 0 Å². The Labute approximate surface area is 133 Å². The average Bonchev–Trinajstić information content (AvgIpc) is 3.21. The minimum atomic E-state index is -1.08. The summed E-state index contributed by atoms with van der Waals surface area (Å²) >= 11 is 0. The van der Waals surface area contributed by atoms with Gasteiger partial charge in [-0.2, -0.15) is 0 Å². The Morgan fingerprint density at radius 1 is 1.43 bits per heavy atom.